The van der Waals surface area contributed by atoms with Gasteiger partial charge in [-0.15, -0.1) is 0 Å². The molecular formula is C19H20F4N4O2. The van der Waals surface area contributed by atoms with E-state index in [-0.39, 0.29) is 23.2 Å². The zero-order chi connectivity index (χ0) is 21.0. The first-order valence-electron chi connectivity index (χ1n) is 9.06. The first-order chi connectivity index (χ1) is 13.8. The number of likely N-dealkylation sites (tertiary alicyclic amines) is 1. The molecule has 1 aromatic carbocycles. The molecule has 0 spiro atoms. The van der Waals surface area contributed by atoms with Crippen LogP contribution in [0.4, 0.5) is 28.0 Å². The van der Waals surface area contributed by atoms with Gasteiger partial charge in [-0.3, -0.25) is 0 Å². The largest absolute Gasteiger partial charge is 0.417 e. The van der Waals surface area contributed by atoms with E-state index in [1.807, 2.05) is 0 Å². The third kappa shape index (κ3) is 5.20. The molecule has 29 heavy (non-hydrogen) atoms. The summed E-state index contributed by atoms with van der Waals surface area (Å²) in [6, 6.07) is 2.75. The summed E-state index contributed by atoms with van der Waals surface area (Å²) in [6.45, 7) is 1.01. The molecule has 2 heterocycles. The van der Waals surface area contributed by atoms with E-state index in [9.17, 15) is 22.4 Å². The number of ether oxygens (including phenoxy) is 1. The van der Waals surface area contributed by atoms with Crippen molar-refractivity contribution in [2.75, 3.05) is 25.5 Å². The molecule has 0 radical (unpaired) electrons. The van der Waals surface area contributed by atoms with Crippen molar-refractivity contribution in [1.29, 1.82) is 0 Å². The molecule has 6 nitrogen and oxygen atoms in total. The van der Waals surface area contributed by atoms with Gasteiger partial charge >= 0.3 is 12.2 Å². The number of nitrogens with one attached hydrogen (secondary N) is 1. The molecule has 3 rings (SSSR count). The Kier molecular flexibility index (Phi) is 6.31. The quantitative estimate of drug-likeness (QED) is 0.762. The van der Waals surface area contributed by atoms with Crippen LogP contribution in [0.5, 0.6) is 0 Å². The van der Waals surface area contributed by atoms with Crippen molar-refractivity contribution in [2.45, 2.75) is 31.5 Å². The number of urea groups is 1. The normalized spacial score (nSPS) is 17.7. The van der Waals surface area contributed by atoms with E-state index >= 15 is 0 Å². The van der Waals surface area contributed by atoms with E-state index in [0.29, 0.717) is 19.5 Å². The predicted octanol–water partition coefficient (Wildman–Crippen LogP) is 4.33. The Balaban J connectivity index is 1.84. The molecule has 1 aliphatic rings. The summed E-state index contributed by atoms with van der Waals surface area (Å²) in [7, 11) is 1.63. The summed E-state index contributed by atoms with van der Waals surface area (Å²) in [5.74, 6) is -1.05. The van der Waals surface area contributed by atoms with Gasteiger partial charge in [-0.05, 0) is 37.5 Å². The van der Waals surface area contributed by atoms with Gasteiger partial charge in [0.05, 0.1) is 24.1 Å². The summed E-state index contributed by atoms with van der Waals surface area (Å²) >= 11 is 0. The molecule has 1 aliphatic heterocycles. The second-order valence-electron chi connectivity index (χ2n) is 6.69. The van der Waals surface area contributed by atoms with Gasteiger partial charge in [-0.1, -0.05) is 0 Å². The SMILES string of the molecule is CO[C@H]1CCCN(C(=O)Nc2ccc(C(F)(F)F)c(-c3ncc(F)cn3)c2)CC1. The number of nitrogens with zero attached hydrogens (tertiary/aromatic N) is 3. The number of hydrogen-bond donors (Lipinski definition) is 1. The van der Waals surface area contributed by atoms with E-state index in [4.69, 9.17) is 4.74 Å². The lowest BCUT2D eigenvalue weighted by Crippen LogP contribution is -2.36. The first-order valence-corrected chi connectivity index (χ1v) is 9.06. The molecule has 156 valence electrons. The minimum Gasteiger partial charge on any atom is -0.381 e. The molecule has 1 fully saturated rings. The highest BCUT2D eigenvalue weighted by atomic mass is 19.4. The molecule has 1 aromatic heterocycles. The fourth-order valence-electron chi connectivity index (χ4n) is 3.21. The van der Waals surface area contributed by atoms with Gasteiger partial charge in [0.15, 0.2) is 11.6 Å². The molecular weight excluding hydrogens is 392 g/mol. The number of hydrogen-bond acceptors (Lipinski definition) is 4. The van der Waals surface area contributed by atoms with Crippen LogP contribution in [0.3, 0.4) is 0 Å². The van der Waals surface area contributed by atoms with Crippen molar-refractivity contribution >= 4 is 11.7 Å². The maximum atomic E-state index is 13.4. The van der Waals surface area contributed by atoms with Crippen molar-refractivity contribution in [1.82, 2.24) is 14.9 Å². The summed E-state index contributed by atoms with van der Waals surface area (Å²) < 4.78 is 58.5. The molecule has 0 saturated carbocycles. The molecule has 1 N–H and O–H groups in total. The Bertz CT molecular complexity index is 858. The van der Waals surface area contributed by atoms with E-state index in [1.165, 1.54) is 6.07 Å². The number of alkyl halides is 3. The summed E-state index contributed by atoms with van der Waals surface area (Å²) in [4.78, 5) is 21.4. The Morgan fingerprint density at radius 1 is 1.21 bits per heavy atom. The maximum Gasteiger partial charge on any atom is 0.417 e. The zero-order valence-electron chi connectivity index (χ0n) is 15.7. The monoisotopic (exact) mass is 412 g/mol. The Morgan fingerprint density at radius 3 is 2.59 bits per heavy atom. The summed E-state index contributed by atoms with van der Waals surface area (Å²) in [6.07, 6.45) is -0.698. The van der Waals surface area contributed by atoms with Crippen molar-refractivity contribution < 1.29 is 27.1 Å². The number of methoxy groups -OCH3 is 1. The summed E-state index contributed by atoms with van der Waals surface area (Å²) in [5.41, 5.74) is -1.15. The lowest BCUT2D eigenvalue weighted by atomic mass is 10.1. The second-order valence-corrected chi connectivity index (χ2v) is 6.69. The molecule has 10 heteroatoms. The van der Waals surface area contributed by atoms with E-state index in [2.05, 4.69) is 15.3 Å². The highest BCUT2D eigenvalue weighted by Gasteiger charge is 2.34. The van der Waals surface area contributed by atoms with Gasteiger partial charge in [0.2, 0.25) is 0 Å². The molecule has 0 bridgehead atoms. The second kappa shape index (κ2) is 8.73. The molecule has 2 amide bonds. The average Bonchev–Trinajstić information content (AvgIpc) is 2.93. The van der Waals surface area contributed by atoms with Crippen LogP contribution in [0.1, 0.15) is 24.8 Å². The number of carbonyl (C=O) groups excluding carboxylic acids is 1. The standard InChI is InChI=1S/C19H20F4N4O2/c1-29-14-3-2-7-27(8-6-14)18(28)26-13-4-5-16(19(21,22)23)15(9-13)17-24-10-12(20)11-25-17/h4-5,9-11,14H,2-3,6-8H2,1H3,(H,26,28)/t14-/m0/s1. The van der Waals surface area contributed by atoms with Gasteiger partial charge in [0.25, 0.3) is 0 Å². The van der Waals surface area contributed by atoms with Crippen molar-refractivity contribution in [2.24, 2.45) is 0 Å². The van der Waals surface area contributed by atoms with Crippen LogP contribution < -0.4 is 5.32 Å². The topological polar surface area (TPSA) is 67.3 Å². The van der Waals surface area contributed by atoms with Crippen molar-refractivity contribution in [3.05, 3.63) is 42.0 Å². The number of amides is 2. The van der Waals surface area contributed by atoms with Crippen LogP contribution in [0.25, 0.3) is 11.4 Å². The van der Waals surface area contributed by atoms with E-state index in [0.717, 1.165) is 37.4 Å². The third-order valence-corrected chi connectivity index (χ3v) is 4.73. The van der Waals surface area contributed by atoms with Gasteiger partial charge < -0.3 is 15.0 Å². The van der Waals surface area contributed by atoms with Gasteiger partial charge in [0, 0.05) is 31.5 Å². The smallest absolute Gasteiger partial charge is 0.381 e. The predicted molar refractivity (Wildman–Crippen MR) is 97.7 cm³/mol. The molecule has 1 atom stereocenters. The van der Waals surface area contributed by atoms with Gasteiger partial charge in [-0.25, -0.2) is 19.2 Å². The fourth-order valence-corrected chi connectivity index (χ4v) is 3.21. The van der Waals surface area contributed by atoms with Gasteiger partial charge in [-0.2, -0.15) is 13.2 Å². The van der Waals surface area contributed by atoms with Crippen LogP contribution in [0, 0.1) is 5.82 Å². The highest BCUT2D eigenvalue weighted by molar-refractivity contribution is 5.90. The average molecular weight is 412 g/mol. The Hall–Kier alpha value is -2.75. The van der Waals surface area contributed by atoms with Gasteiger partial charge in [0.1, 0.15) is 0 Å². The van der Waals surface area contributed by atoms with Crippen molar-refractivity contribution in [3.8, 4) is 11.4 Å². The third-order valence-electron chi connectivity index (χ3n) is 4.73. The molecule has 0 unspecified atom stereocenters. The van der Waals surface area contributed by atoms with Crippen LogP contribution >= 0.6 is 0 Å². The van der Waals surface area contributed by atoms with Crippen LogP contribution in [0.15, 0.2) is 30.6 Å². The van der Waals surface area contributed by atoms with Crippen molar-refractivity contribution in [3.63, 3.8) is 0 Å². The number of carbonyl (C=O) groups is 1. The Labute approximate surface area is 164 Å². The lowest BCUT2D eigenvalue weighted by molar-refractivity contribution is -0.137. The van der Waals surface area contributed by atoms with Crippen LogP contribution in [-0.2, 0) is 10.9 Å². The van der Waals surface area contributed by atoms with E-state index < -0.39 is 23.6 Å². The van der Waals surface area contributed by atoms with Crippen LogP contribution in [0.2, 0.25) is 0 Å². The molecule has 1 saturated heterocycles. The highest BCUT2D eigenvalue weighted by Crippen LogP contribution is 2.37. The number of anilines is 1. The van der Waals surface area contributed by atoms with Crippen LogP contribution in [-0.4, -0.2) is 47.2 Å². The summed E-state index contributed by atoms with van der Waals surface area (Å²) in [5, 5.41) is 2.62. The number of aromatic nitrogens is 2. The van der Waals surface area contributed by atoms with E-state index in [1.54, 1.807) is 12.0 Å². The lowest BCUT2D eigenvalue weighted by Gasteiger charge is -2.21. The molecule has 0 aliphatic carbocycles. The fraction of sp³-hybridized carbons (Fsp3) is 0.421. The number of benzene rings is 1. The number of halogens is 4. The minimum absolute atomic E-state index is 0.0843. The minimum atomic E-state index is -4.66. The Morgan fingerprint density at radius 2 is 1.93 bits per heavy atom. The molecule has 2 aromatic rings. The maximum absolute atomic E-state index is 13.4. The first kappa shape index (κ1) is 21.0. The zero-order valence-corrected chi connectivity index (χ0v) is 15.7. The number of rotatable bonds is 3.